The van der Waals surface area contributed by atoms with Crippen molar-refractivity contribution in [3.8, 4) is 6.07 Å². The Balaban J connectivity index is 2.53. The van der Waals surface area contributed by atoms with E-state index in [1.807, 2.05) is 6.07 Å². The van der Waals surface area contributed by atoms with Crippen molar-refractivity contribution >= 4 is 5.91 Å². The largest absolute Gasteiger partial charge is 0.388 e. The predicted molar refractivity (Wildman–Crippen MR) is 68.4 cm³/mol. The molecule has 0 saturated carbocycles. The summed E-state index contributed by atoms with van der Waals surface area (Å²) in [6.07, 6.45) is 1.75. The summed E-state index contributed by atoms with van der Waals surface area (Å²) in [7, 11) is 1.55. The van der Waals surface area contributed by atoms with E-state index in [1.165, 1.54) is 18.3 Å². The predicted octanol–water partition coefficient (Wildman–Crippen LogP) is 0.471. The van der Waals surface area contributed by atoms with Crippen molar-refractivity contribution in [1.29, 1.82) is 5.26 Å². The Morgan fingerprint density at radius 2 is 2.37 bits per heavy atom. The van der Waals surface area contributed by atoms with E-state index in [2.05, 4.69) is 10.3 Å². The zero-order valence-corrected chi connectivity index (χ0v) is 11.0. The third kappa shape index (κ3) is 5.04. The highest BCUT2D eigenvalue weighted by atomic mass is 16.5. The summed E-state index contributed by atoms with van der Waals surface area (Å²) < 4.78 is 4.88. The zero-order valence-electron chi connectivity index (χ0n) is 11.0. The third-order valence-corrected chi connectivity index (χ3v) is 2.60. The van der Waals surface area contributed by atoms with Crippen LogP contribution in [0.25, 0.3) is 0 Å². The van der Waals surface area contributed by atoms with Gasteiger partial charge in [0, 0.05) is 32.9 Å². The highest BCUT2D eigenvalue weighted by molar-refractivity contribution is 5.92. The Hall–Kier alpha value is -1.97. The number of hydrogen-bond donors (Lipinski definition) is 2. The van der Waals surface area contributed by atoms with Crippen molar-refractivity contribution in [2.24, 2.45) is 0 Å². The SMILES string of the molecule is COCCC(C)(O)CNC(=O)c1ccc(C#N)cn1. The van der Waals surface area contributed by atoms with Crippen LogP contribution in [0.5, 0.6) is 0 Å². The molecule has 19 heavy (non-hydrogen) atoms. The van der Waals surface area contributed by atoms with Crippen LogP contribution in [-0.2, 0) is 4.74 Å². The maximum absolute atomic E-state index is 11.8. The van der Waals surface area contributed by atoms with Gasteiger partial charge < -0.3 is 15.2 Å². The van der Waals surface area contributed by atoms with Crippen molar-refractivity contribution in [2.75, 3.05) is 20.3 Å². The number of nitriles is 1. The first kappa shape index (κ1) is 15.1. The number of pyridine rings is 1. The standard InChI is InChI=1S/C13H17N3O3/c1-13(18,5-6-19-2)9-16-12(17)11-4-3-10(7-14)8-15-11/h3-4,8,18H,5-6,9H2,1-2H3,(H,16,17). The van der Waals surface area contributed by atoms with Gasteiger partial charge in [-0.2, -0.15) is 5.26 Å². The van der Waals surface area contributed by atoms with Gasteiger partial charge in [-0.15, -0.1) is 0 Å². The molecule has 0 bridgehead atoms. The van der Waals surface area contributed by atoms with Crippen LogP contribution in [0.2, 0.25) is 0 Å². The van der Waals surface area contributed by atoms with Gasteiger partial charge in [-0.1, -0.05) is 0 Å². The number of amides is 1. The van der Waals surface area contributed by atoms with Crippen LogP contribution in [0.1, 0.15) is 29.4 Å². The quantitative estimate of drug-likeness (QED) is 0.778. The topological polar surface area (TPSA) is 95.2 Å². The van der Waals surface area contributed by atoms with Crippen LogP contribution < -0.4 is 5.32 Å². The summed E-state index contributed by atoms with van der Waals surface area (Å²) >= 11 is 0. The summed E-state index contributed by atoms with van der Waals surface area (Å²) in [5.74, 6) is -0.387. The molecular formula is C13H17N3O3. The smallest absolute Gasteiger partial charge is 0.269 e. The van der Waals surface area contributed by atoms with Crippen molar-refractivity contribution in [3.63, 3.8) is 0 Å². The molecule has 0 saturated heterocycles. The number of nitrogens with zero attached hydrogens (tertiary/aromatic N) is 2. The van der Waals surface area contributed by atoms with Crippen LogP contribution >= 0.6 is 0 Å². The number of hydrogen-bond acceptors (Lipinski definition) is 5. The maximum Gasteiger partial charge on any atom is 0.269 e. The van der Waals surface area contributed by atoms with E-state index in [-0.39, 0.29) is 18.1 Å². The lowest BCUT2D eigenvalue weighted by molar-refractivity contribution is 0.0243. The van der Waals surface area contributed by atoms with Crippen LogP contribution in [0, 0.1) is 11.3 Å². The molecule has 102 valence electrons. The van der Waals surface area contributed by atoms with E-state index in [9.17, 15) is 9.90 Å². The zero-order chi connectivity index (χ0) is 14.3. The molecule has 0 aliphatic rings. The fraction of sp³-hybridized carbons (Fsp3) is 0.462. The van der Waals surface area contributed by atoms with Crippen molar-refractivity contribution < 1.29 is 14.6 Å². The Labute approximate surface area is 112 Å². The fourth-order valence-corrected chi connectivity index (χ4v) is 1.37. The summed E-state index contributed by atoms with van der Waals surface area (Å²) in [5.41, 5.74) is -0.427. The van der Waals surface area contributed by atoms with Crippen molar-refractivity contribution in [3.05, 3.63) is 29.6 Å². The lowest BCUT2D eigenvalue weighted by Gasteiger charge is -2.23. The number of ether oxygens (including phenoxy) is 1. The maximum atomic E-state index is 11.8. The van der Waals surface area contributed by atoms with Gasteiger partial charge in [0.2, 0.25) is 0 Å². The second kappa shape index (κ2) is 6.83. The molecule has 0 aliphatic carbocycles. The molecule has 0 aromatic carbocycles. The van der Waals surface area contributed by atoms with Crippen LogP contribution in [0.3, 0.4) is 0 Å². The average Bonchev–Trinajstić information content (AvgIpc) is 2.43. The van der Waals surface area contributed by atoms with Gasteiger partial charge in [-0.05, 0) is 19.1 Å². The van der Waals surface area contributed by atoms with E-state index < -0.39 is 5.60 Å². The number of nitrogens with one attached hydrogen (secondary N) is 1. The first-order valence-electron chi connectivity index (χ1n) is 5.84. The number of aliphatic hydroxyl groups is 1. The highest BCUT2D eigenvalue weighted by Crippen LogP contribution is 2.08. The van der Waals surface area contributed by atoms with E-state index >= 15 is 0 Å². The number of aromatic nitrogens is 1. The number of carbonyl (C=O) groups is 1. The first-order valence-corrected chi connectivity index (χ1v) is 5.84. The Kier molecular flexibility index (Phi) is 5.42. The van der Waals surface area contributed by atoms with Gasteiger partial charge in [-0.3, -0.25) is 4.79 Å². The first-order chi connectivity index (χ1) is 8.98. The van der Waals surface area contributed by atoms with Gasteiger partial charge in [0.25, 0.3) is 5.91 Å². The van der Waals surface area contributed by atoms with E-state index in [4.69, 9.17) is 10.00 Å². The van der Waals surface area contributed by atoms with Gasteiger partial charge in [0.15, 0.2) is 0 Å². The Morgan fingerprint density at radius 3 is 2.89 bits per heavy atom. The molecule has 1 atom stereocenters. The summed E-state index contributed by atoms with van der Waals surface area (Å²) in [6.45, 7) is 2.15. The second-order valence-corrected chi connectivity index (χ2v) is 4.47. The minimum atomic E-state index is -1.03. The molecule has 1 amide bonds. The molecule has 1 rings (SSSR count). The van der Waals surface area contributed by atoms with Crippen molar-refractivity contribution in [2.45, 2.75) is 18.9 Å². The average molecular weight is 263 g/mol. The molecule has 1 aromatic heterocycles. The number of carbonyl (C=O) groups excluding carboxylic acids is 1. The van der Waals surface area contributed by atoms with Gasteiger partial charge in [0.1, 0.15) is 11.8 Å². The Morgan fingerprint density at radius 1 is 1.63 bits per heavy atom. The van der Waals surface area contributed by atoms with Gasteiger partial charge in [0.05, 0.1) is 11.2 Å². The van der Waals surface area contributed by atoms with Crippen molar-refractivity contribution in [1.82, 2.24) is 10.3 Å². The highest BCUT2D eigenvalue weighted by Gasteiger charge is 2.21. The minimum absolute atomic E-state index is 0.108. The molecule has 2 N–H and O–H groups in total. The normalized spacial score (nSPS) is 13.4. The molecule has 1 aromatic rings. The number of rotatable bonds is 6. The van der Waals surface area contributed by atoms with Crippen LogP contribution in [0.4, 0.5) is 0 Å². The fourth-order valence-electron chi connectivity index (χ4n) is 1.37. The molecule has 0 spiro atoms. The molecular weight excluding hydrogens is 246 g/mol. The van der Waals surface area contributed by atoms with E-state index in [1.54, 1.807) is 14.0 Å². The van der Waals surface area contributed by atoms with E-state index in [0.717, 1.165) is 0 Å². The summed E-state index contributed by atoms with van der Waals surface area (Å²) in [4.78, 5) is 15.6. The van der Waals surface area contributed by atoms with Crippen LogP contribution in [0.15, 0.2) is 18.3 Å². The molecule has 6 nitrogen and oxygen atoms in total. The molecule has 1 heterocycles. The lowest BCUT2D eigenvalue weighted by atomic mass is 10.0. The summed E-state index contributed by atoms with van der Waals surface area (Å²) in [5, 5.41) is 21.2. The lowest BCUT2D eigenvalue weighted by Crippen LogP contribution is -2.41. The third-order valence-electron chi connectivity index (χ3n) is 2.60. The Bertz CT molecular complexity index is 463. The van der Waals surface area contributed by atoms with Gasteiger partial charge >= 0.3 is 0 Å². The molecule has 0 radical (unpaired) electrons. The molecule has 6 heteroatoms. The van der Waals surface area contributed by atoms with E-state index in [0.29, 0.717) is 18.6 Å². The monoisotopic (exact) mass is 263 g/mol. The van der Waals surface area contributed by atoms with Crippen LogP contribution in [-0.4, -0.2) is 41.9 Å². The molecule has 0 aliphatic heterocycles. The minimum Gasteiger partial charge on any atom is -0.388 e. The summed E-state index contributed by atoms with van der Waals surface area (Å²) in [6, 6.07) is 4.91. The molecule has 0 fully saturated rings. The second-order valence-electron chi connectivity index (χ2n) is 4.47. The molecule has 1 unspecified atom stereocenters. The number of methoxy groups -OCH3 is 1. The van der Waals surface area contributed by atoms with Gasteiger partial charge in [-0.25, -0.2) is 4.98 Å².